The van der Waals surface area contributed by atoms with Gasteiger partial charge in [0.1, 0.15) is 5.82 Å². The minimum atomic E-state index is -0.578. The number of nitrogen functional groups attached to an aromatic ring is 1. The van der Waals surface area contributed by atoms with Gasteiger partial charge in [0.15, 0.2) is 5.82 Å². The molecular weight excluding hydrogens is 386 g/mol. The average Bonchev–Trinajstić information content (AvgIpc) is 3.60. The zero-order valence-electron chi connectivity index (χ0n) is 16.8. The third-order valence-electron chi connectivity index (χ3n) is 6.18. The molecule has 2 aromatic heterocycles. The van der Waals surface area contributed by atoms with Crippen molar-refractivity contribution in [3.8, 4) is 11.4 Å². The molecule has 10 nitrogen and oxygen atoms in total. The van der Waals surface area contributed by atoms with Crippen molar-refractivity contribution in [2.45, 2.75) is 25.8 Å². The smallest absolute Gasteiger partial charge is 0.231 e. The van der Waals surface area contributed by atoms with Crippen LogP contribution in [0.2, 0.25) is 0 Å². The lowest BCUT2D eigenvalue weighted by molar-refractivity contribution is -0.139. The number of carbonyl (C=O) groups excluding carboxylic acids is 1. The molecular formula is C20H25N7O3. The van der Waals surface area contributed by atoms with Gasteiger partial charge < -0.3 is 25.4 Å². The Balaban J connectivity index is 1.52. The molecule has 0 bridgehead atoms. The molecule has 1 amide bonds. The number of amides is 1. The average molecular weight is 411 g/mol. The lowest BCUT2D eigenvalue weighted by atomic mass is 10.0. The highest BCUT2D eigenvalue weighted by molar-refractivity contribution is 5.85. The maximum atomic E-state index is 13.0. The summed E-state index contributed by atoms with van der Waals surface area (Å²) >= 11 is 0. The SMILES string of the molecule is Nc1ncc(-c2nc3c(c(N4CCOCC4)n2)CCN(C(=O)C2(CO)CC2)C3)cn1. The summed E-state index contributed by atoms with van der Waals surface area (Å²) in [5, 5.41) is 9.67. The van der Waals surface area contributed by atoms with Gasteiger partial charge >= 0.3 is 0 Å². The van der Waals surface area contributed by atoms with Crippen LogP contribution in [0, 0.1) is 5.41 Å². The van der Waals surface area contributed by atoms with E-state index in [2.05, 4.69) is 14.9 Å². The second-order valence-corrected chi connectivity index (χ2v) is 8.14. The van der Waals surface area contributed by atoms with Gasteiger partial charge in [0.25, 0.3) is 0 Å². The van der Waals surface area contributed by atoms with Crippen LogP contribution in [0.4, 0.5) is 11.8 Å². The van der Waals surface area contributed by atoms with Gasteiger partial charge in [0.2, 0.25) is 11.9 Å². The molecule has 0 atom stereocenters. The van der Waals surface area contributed by atoms with E-state index in [9.17, 15) is 9.90 Å². The van der Waals surface area contributed by atoms with Gasteiger partial charge in [0.05, 0.1) is 43.0 Å². The number of hydrogen-bond donors (Lipinski definition) is 2. The molecule has 0 spiro atoms. The minimum Gasteiger partial charge on any atom is -0.395 e. The molecule has 2 fully saturated rings. The molecule has 158 valence electrons. The zero-order valence-corrected chi connectivity index (χ0v) is 16.8. The van der Waals surface area contributed by atoms with Crippen molar-refractivity contribution in [2.24, 2.45) is 5.41 Å². The molecule has 2 aromatic rings. The highest BCUT2D eigenvalue weighted by atomic mass is 16.5. The first-order valence-corrected chi connectivity index (χ1v) is 10.3. The van der Waals surface area contributed by atoms with E-state index in [0.29, 0.717) is 44.1 Å². The van der Waals surface area contributed by atoms with Crippen LogP contribution in [0.15, 0.2) is 12.4 Å². The van der Waals surface area contributed by atoms with E-state index < -0.39 is 5.41 Å². The van der Waals surface area contributed by atoms with Crippen LogP contribution >= 0.6 is 0 Å². The van der Waals surface area contributed by atoms with Crippen LogP contribution in [-0.2, 0) is 22.5 Å². The largest absolute Gasteiger partial charge is 0.395 e. The van der Waals surface area contributed by atoms with E-state index in [1.807, 2.05) is 4.90 Å². The van der Waals surface area contributed by atoms with E-state index in [4.69, 9.17) is 20.4 Å². The number of rotatable bonds is 4. The Kier molecular flexibility index (Phi) is 4.75. The van der Waals surface area contributed by atoms with Crippen molar-refractivity contribution in [1.29, 1.82) is 0 Å². The Morgan fingerprint density at radius 3 is 2.57 bits per heavy atom. The predicted octanol–water partition coefficient (Wildman–Crippen LogP) is 0.00960. The van der Waals surface area contributed by atoms with Gasteiger partial charge in [0, 0.05) is 37.6 Å². The number of ether oxygens (including phenoxy) is 1. The number of hydrogen-bond acceptors (Lipinski definition) is 9. The second kappa shape index (κ2) is 7.44. The fourth-order valence-corrected chi connectivity index (χ4v) is 4.13. The first kappa shape index (κ1) is 19.1. The number of anilines is 2. The number of aliphatic hydroxyl groups excluding tert-OH is 1. The van der Waals surface area contributed by atoms with Gasteiger partial charge in [-0.05, 0) is 19.3 Å². The maximum Gasteiger partial charge on any atom is 0.231 e. The van der Waals surface area contributed by atoms with Crippen molar-refractivity contribution in [2.75, 3.05) is 50.1 Å². The quantitative estimate of drug-likeness (QED) is 0.714. The van der Waals surface area contributed by atoms with E-state index in [0.717, 1.165) is 43.0 Å². The van der Waals surface area contributed by atoms with Crippen molar-refractivity contribution < 1.29 is 14.6 Å². The summed E-state index contributed by atoms with van der Waals surface area (Å²) in [5.74, 6) is 1.64. The topological polar surface area (TPSA) is 131 Å². The van der Waals surface area contributed by atoms with Crippen LogP contribution in [0.1, 0.15) is 24.1 Å². The first-order chi connectivity index (χ1) is 14.6. The minimum absolute atomic E-state index is 0.0274. The van der Waals surface area contributed by atoms with Crippen LogP contribution in [0.5, 0.6) is 0 Å². The second-order valence-electron chi connectivity index (χ2n) is 8.14. The monoisotopic (exact) mass is 411 g/mol. The number of carbonyl (C=O) groups is 1. The molecule has 4 heterocycles. The summed E-state index contributed by atoms with van der Waals surface area (Å²) in [5.41, 5.74) is 7.64. The third kappa shape index (κ3) is 3.35. The van der Waals surface area contributed by atoms with Gasteiger partial charge in [-0.1, -0.05) is 0 Å². The van der Waals surface area contributed by atoms with Gasteiger partial charge in [-0.2, -0.15) is 0 Å². The lowest BCUT2D eigenvalue weighted by Gasteiger charge is -2.35. The zero-order chi connectivity index (χ0) is 20.7. The van der Waals surface area contributed by atoms with Crippen molar-refractivity contribution in [3.05, 3.63) is 23.7 Å². The molecule has 0 unspecified atom stereocenters. The maximum absolute atomic E-state index is 13.0. The van der Waals surface area contributed by atoms with Crippen molar-refractivity contribution in [3.63, 3.8) is 0 Å². The normalized spacial score (nSPS) is 20.0. The fraction of sp³-hybridized carbons (Fsp3) is 0.550. The third-order valence-corrected chi connectivity index (χ3v) is 6.18. The molecule has 30 heavy (non-hydrogen) atoms. The summed E-state index contributed by atoms with van der Waals surface area (Å²) in [4.78, 5) is 34.8. The van der Waals surface area contributed by atoms with Crippen LogP contribution in [0.3, 0.4) is 0 Å². The number of fused-ring (bicyclic) bond motifs is 1. The Bertz CT molecular complexity index is 956. The Morgan fingerprint density at radius 1 is 1.17 bits per heavy atom. The Hall–Kier alpha value is -2.85. The van der Waals surface area contributed by atoms with E-state index in [-0.39, 0.29) is 18.5 Å². The summed E-state index contributed by atoms with van der Waals surface area (Å²) in [6.07, 6.45) is 5.42. The summed E-state index contributed by atoms with van der Waals surface area (Å²) in [6, 6.07) is 0. The summed E-state index contributed by atoms with van der Waals surface area (Å²) < 4.78 is 5.50. The van der Waals surface area contributed by atoms with Crippen LogP contribution in [0.25, 0.3) is 11.4 Å². The molecule has 1 saturated carbocycles. The first-order valence-electron chi connectivity index (χ1n) is 10.3. The Labute approximate surface area is 174 Å². The summed E-state index contributed by atoms with van der Waals surface area (Å²) in [7, 11) is 0. The fourth-order valence-electron chi connectivity index (χ4n) is 4.13. The summed E-state index contributed by atoms with van der Waals surface area (Å²) in [6.45, 7) is 3.77. The van der Waals surface area contributed by atoms with Crippen LogP contribution < -0.4 is 10.6 Å². The van der Waals surface area contributed by atoms with Gasteiger partial charge in [-0.25, -0.2) is 19.9 Å². The standard InChI is InChI=1S/C20H25N7O3/c21-19-22-9-13(10-23-19)16-24-15-11-27(18(29)20(12-28)2-3-20)4-1-14(15)17(25-16)26-5-7-30-8-6-26/h9-10,28H,1-8,11-12H2,(H2,21,22,23). The van der Waals surface area contributed by atoms with Crippen molar-refractivity contribution >= 4 is 17.7 Å². The molecule has 3 N–H and O–H groups in total. The van der Waals surface area contributed by atoms with Crippen LogP contribution in [-0.4, -0.2) is 75.3 Å². The van der Waals surface area contributed by atoms with Gasteiger partial charge in [-0.3, -0.25) is 4.79 Å². The molecule has 3 aliphatic rings. The molecule has 2 aliphatic heterocycles. The van der Waals surface area contributed by atoms with Gasteiger partial charge in [-0.15, -0.1) is 0 Å². The van der Waals surface area contributed by atoms with E-state index in [1.165, 1.54) is 0 Å². The number of nitrogens with two attached hydrogens (primary N) is 1. The molecule has 5 rings (SSSR count). The van der Waals surface area contributed by atoms with E-state index in [1.54, 1.807) is 12.4 Å². The molecule has 0 radical (unpaired) electrons. The molecule has 1 saturated heterocycles. The highest BCUT2D eigenvalue weighted by Gasteiger charge is 2.51. The number of aromatic nitrogens is 4. The van der Waals surface area contributed by atoms with E-state index >= 15 is 0 Å². The predicted molar refractivity (Wildman–Crippen MR) is 108 cm³/mol. The molecule has 0 aromatic carbocycles. The number of aliphatic hydroxyl groups is 1. The molecule has 1 aliphatic carbocycles. The lowest BCUT2D eigenvalue weighted by Crippen LogP contribution is -2.43. The number of morpholine rings is 1. The number of nitrogens with zero attached hydrogens (tertiary/aromatic N) is 6. The van der Waals surface area contributed by atoms with Crippen molar-refractivity contribution in [1.82, 2.24) is 24.8 Å². The highest BCUT2D eigenvalue weighted by Crippen LogP contribution is 2.47. The molecule has 10 heteroatoms. The Morgan fingerprint density at radius 2 is 1.90 bits per heavy atom.